The van der Waals surface area contributed by atoms with Crippen LogP contribution < -0.4 is 0 Å². The molecule has 1 atom stereocenters. The fourth-order valence-electron chi connectivity index (χ4n) is 1.45. The van der Waals surface area contributed by atoms with Gasteiger partial charge in [-0.2, -0.15) is 0 Å². The van der Waals surface area contributed by atoms with Crippen molar-refractivity contribution in [3.63, 3.8) is 0 Å². The molecule has 0 aromatic heterocycles. The van der Waals surface area contributed by atoms with Crippen LogP contribution in [0, 0.1) is 0 Å². The Labute approximate surface area is 135 Å². The zero-order valence-corrected chi connectivity index (χ0v) is 14.7. The van der Waals surface area contributed by atoms with Crippen molar-refractivity contribution in [3.05, 3.63) is 42.0 Å². The Hall–Kier alpha value is -0.200. The van der Waals surface area contributed by atoms with Crippen molar-refractivity contribution in [3.8, 4) is 0 Å². The van der Waals surface area contributed by atoms with E-state index in [2.05, 4.69) is 28.6 Å². The van der Waals surface area contributed by atoms with Gasteiger partial charge in [0.1, 0.15) is 5.76 Å². The summed E-state index contributed by atoms with van der Waals surface area (Å²) >= 11 is 2.19. The summed E-state index contributed by atoms with van der Waals surface area (Å²) in [6, 6.07) is 7.97. The van der Waals surface area contributed by atoms with Crippen LogP contribution >= 0.6 is 28.5 Å². The highest BCUT2D eigenvalue weighted by molar-refractivity contribution is 14.2. The Bertz CT molecular complexity index is 383. The fraction of sp³-hybridized carbons (Fsp3) is 0.429. The molecule has 0 aliphatic rings. The Morgan fingerprint density at radius 2 is 1.75 bits per heavy atom. The molecule has 0 fully saturated rings. The molecule has 0 radical (unpaired) electrons. The number of ether oxygens (including phenoxy) is 3. The summed E-state index contributed by atoms with van der Waals surface area (Å²) in [6.07, 6.45) is 0. The highest BCUT2D eigenvalue weighted by Gasteiger charge is 1.99. The molecule has 1 aromatic rings. The molecule has 0 saturated carbocycles. The summed E-state index contributed by atoms with van der Waals surface area (Å²) < 4.78 is 21.2. The zero-order valence-electron chi connectivity index (χ0n) is 11.6. The van der Waals surface area contributed by atoms with Crippen LogP contribution in [-0.4, -0.2) is 33.5 Å². The minimum absolute atomic E-state index is 0.492. The summed E-state index contributed by atoms with van der Waals surface area (Å²) in [5, 5.41) is 0. The molecule has 20 heavy (non-hydrogen) atoms. The smallest absolute Gasteiger partial charge is 0.118 e. The molecular weight excluding hydrogens is 390 g/mol. The molecule has 0 bridgehead atoms. The molecule has 0 aliphatic heterocycles. The van der Waals surface area contributed by atoms with Crippen LogP contribution in [0.4, 0.5) is 0 Å². The van der Waals surface area contributed by atoms with Gasteiger partial charge in [-0.25, -0.2) is 0 Å². The second-order valence-electron chi connectivity index (χ2n) is 3.91. The van der Waals surface area contributed by atoms with E-state index in [4.69, 9.17) is 18.7 Å². The van der Waals surface area contributed by atoms with Crippen LogP contribution in [0.3, 0.4) is 0 Å². The first-order chi connectivity index (χ1) is 9.77. The molecular formula is C14H20IO4P. The number of halogens is 1. The maximum Gasteiger partial charge on any atom is 0.118 e. The SMILES string of the molecule is C=C(OC)c1ccc(COCCOCCOPI)cc1. The van der Waals surface area contributed by atoms with Gasteiger partial charge in [0.25, 0.3) is 0 Å². The first-order valence-electron chi connectivity index (χ1n) is 6.23. The maximum atomic E-state index is 5.53. The normalized spacial score (nSPS) is 11.1. The van der Waals surface area contributed by atoms with Crippen molar-refractivity contribution < 1.29 is 18.7 Å². The molecule has 0 saturated heterocycles. The van der Waals surface area contributed by atoms with Gasteiger partial charge in [-0.1, -0.05) is 30.8 Å². The monoisotopic (exact) mass is 410 g/mol. The van der Waals surface area contributed by atoms with E-state index in [1.807, 2.05) is 24.3 Å². The lowest BCUT2D eigenvalue weighted by molar-refractivity contribution is 0.0321. The predicted octanol–water partition coefficient (Wildman–Crippen LogP) is 3.80. The van der Waals surface area contributed by atoms with Crippen molar-refractivity contribution in [2.45, 2.75) is 6.61 Å². The minimum atomic E-state index is 0.492. The summed E-state index contributed by atoms with van der Waals surface area (Å²) in [4.78, 5) is 0. The molecule has 0 heterocycles. The highest BCUT2D eigenvalue weighted by atomic mass is 127. The first kappa shape index (κ1) is 17.9. The van der Waals surface area contributed by atoms with Gasteiger partial charge in [0.2, 0.25) is 0 Å². The van der Waals surface area contributed by atoms with Crippen molar-refractivity contribution in [1.82, 2.24) is 0 Å². The van der Waals surface area contributed by atoms with Gasteiger partial charge in [0, 0.05) is 5.56 Å². The molecule has 0 N–H and O–H groups in total. The third-order valence-electron chi connectivity index (χ3n) is 2.55. The molecule has 0 aliphatic carbocycles. The Kier molecular flexibility index (Phi) is 10.2. The topological polar surface area (TPSA) is 36.9 Å². The molecule has 1 rings (SSSR count). The second kappa shape index (κ2) is 11.5. The van der Waals surface area contributed by atoms with Crippen LogP contribution in [0.15, 0.2) is 30.8 Å². The van der Waals surface area contributed by atoms with Crippen molar-refractivity contribution in [1.29, 1.82) is 0 Å². The van der Waals surface area contributed by atoms with E-state index in [9.17, 15) is 0 Å². The van der Waals surface area contributed by atoms with E-state index in [1.165, 1.54) is 0 Å². The third-order valence-corrected chi connectivity index (χ3v) is 3.79. The van der Waals surface area contributed by atoms with Crippen LogP contribution in [0.1, 0.15) is 11.1 Å². The number of rotatable bonds is 11. The summed E-state index contributed by atoms with van der Waals surface area (Å²) in [7, 11) is 1.62. The van der Waals surface area contributed by atoms with Crippen LogP contribution in [-0.2, 0) is 25.3 Å². The number of hydrogen-bond donors (Lipinski definition) is 0. The van der Waals surface area contributed by atoms with Crippen molar-refractivity contribution in [2.75, 3.05) is 33.5 Å². The predicted molar refractivity (Wildman–Crippen MR) is 91.2 cm³/mol. The van der Waals surface area contributed by atoms with Crippen LogP contribution in [0.5, 0.6) is 0 Å². The van der Waals surface area contributed by atoms with Gasteiger partial charge in [-0.3, -0.25) is 0 Å². The lowest BCUT2D eigenvalue weighted by Gasteiger charge is -2.07. The van der Waals surface area contributed by atoms with Gasteiger partial charge in [-0.15, -0.1) is 0 Å². The summed E-state index contributed by atoms with van der Waals surface area (Å²) in [6.45, 7) is 7.31. The van der Waals surface area contributed by atoms with Gasteiger partial charge < -0.3 is 18.7 Å². The second-order valence-corrected chi connectivity index (χ2v) is 5.68. The molecule has 112 valence electrons. The Morgan fingerprint density at radius 3 is 2.40 bits per heavy atom. The lowest BCUT2D eigenvalue weighted by atomic mass is 10.1. The molecule has 1 unspecified atom stereocenters. The molecule has 1 aromatic carbocycles. The molecule has 4 nitrogen and oxygen atoms in total. The number of benzene rings is 1. The quantitative estimate of drug-likeness (QED) is 0.241. The zero-order chi connectivity index (χ0) is 14.6. The fourth-order valence-corrected chi connectivity index (χ4v) is 2.27. The molecule has 0 spiro atoms. The van der Waals surface area contributed by atoms with Gasteiger partial charge in [0.15, 0.2) is 0 Å². The van der Waals surface area contributed by atoms with E-state index in [0.29, 0.717) is 45.2 Å². The van der Waals surface area contributed by atoms with Crippen molar-refractivity contribution >= 4 is 34.3 Å². The third kappa shape index (κ3) is 7.55. The standard InChI is InChI=1S/C14H20IO4P/c1-12(16-2)14-5-3-13(4-6-14)11-18-8-7-17-9-10-19-20-15/h3-6,20H,1,7-11H2,2H3. The average Bonchev–Trinajstić information content (AvgIpc) is 2.50. The van der Waals surface area contributed by atoms with Gasteiger partial charge in [-0.05, 0) is 27.6 Å². The lowest BCUT2D eigenvalue weighted by Crippen LogP contribution is -2.07. The van der Waals surface area contributed by atoms with Crippen LogP contribution in [0.25, 0.3) is 5.76 Å². The van der Waals surface area contributed by atoms with E-state index >= 15 is 0 Å². The van der Waals surface area contributed by atoms with E-state index in [0.717, 1.165) is 11.1 Å². The summed E-state index contributed by atoms with van der Waals surface area (Å²) in [5.41, 5.74) is 2.10. The largest absolute Gasteiger partial charge is 0.497 e. The summed E-state index contributed by atoms with van der Waals surface area (Å²) in [5.74, 6) is 0.667. The Balaban J connectivity index is 2.11. The molecule has 0 amide bonds. The average molecular weight is 410 g/mol. The molecule has 6 heteroatoms. The van der Waals surface area contributed by atoms with Crippen LogP contribution in [0.2, 0.25) is 0 Å². The Morgan fingerprint density at radius 1 is 1.10 bits per heavy atom. The van der Waals surface area contributed by atoms with E-state index in [1.54, 1.807) is 7.11 Å². The number of hydrogen-bond acceptors (Lipinski definition) is 4. The first-order valence-corrected chi connectivity index (χ1v) is 10.2. The van der Waals surface area contributed by atoms with Crippen molar-refractivity contribution in [2.24, 2.45) is 0 Å². The number of methoxy groups -OCH3 is 1. The minimum Gasteiger partial charge on any atom is -0.497 e. The highest BCUT2D eigenvalue weighted by Crippen LogP contribution is 2.20. The maximum absolute atomic E-state index is 5.53. The van der Waals surface area contributed by atoms with E-state index < -0.39 is 0 Å². The van der Waals surface area contributed by atoms with Gasteiger partial charge in [0.05, 0.1) is 46.6 Å². The van der Waals surface area contributed by atoms with E-state index in [-0.39, 0.29) is 0 Å². The van der Waals surface area contributed by atoms with Gasteiger partial charge >= 0.3 is 0 Å².